The monoisotopic (exact) mass is 517 g/mol. The van der Waals surface area contributed by atoms with Gasteiger partial charge in [-0.3, -0.25) is 14.7 Å². The molecule has 202 valence electrons. The smallest absolute Gasteiger partial charge is 0.312 e. The summed E-state index contributed by atoms with van der Waals surface area (Å²) >= 11 is 0. The van der Waals surface area contributed by atoms with Crippen molar-refractivity contribution in [2.45, 2.75) is 46.7 Å². The molecule has 0 fully saturated rings. The minimum Gasteiger partial charge on any atom is -0.490 e. The number of aryl methyl sites for hydroxylation is 1. The van der Waals surface area contributed by atoms with Crippen LogP contribution in [0.2, 0.25) is 0 Å². The minimum absolute atomic E-state index is 0.282. The molecule has 38 heavy (non-hydrogen) atoms. The first kappa shape index (κ1) is 27.4. The molecule has 1 aromatic heterocycles. The number of carbonyl (C=O) groups excluding carboxylic acids is 1. The third kappa shape index (κ3) is 5.33. The number of ether oxygens (including phenoxy) is 2. The molecule has 3 aromatic rings. The van der Waals surface area contributed by atoms with Crippen LogP contribution in [-0.2, 0) is 22.6 Å². The molecule has 0 bridgehead atoms. The molecule has 0 saturated heterocycles. The number of pyridine rings is 1. The highest BCUT2D eigenvalue weighted by atomic mass is 16.5. The van der Waals surface area contributed by atoms with E-state index in [2.05, 4.69) is 35.0 Å². The topological polar surface area (TPSA) is 107 Å². The average Bonchev–Trinajstić information content (AvgIpc) is 3.09. The fraction of sp³-hybridized carbons (Fsp3) is 0.400. The summed E-state index contributed by atoms with van der Waals surface area (Å²) in [5, 5.41) is 1.51. The van der Waals surface area contributed by atoms with Crippen molar-refractivity contribution in [1.82, 2.24) is 9.88 Å². The lowest BCUT2D eigenvalue weighted by Crippen LogP contribution is -2.34. The molecular weight excluding hydrogens is 478 g/mol. The lowest BCUT2D eigenvalue weighted by atomic mass is 9.69. The minimum atomic E-state index is -0.853. The van der Waals surface area contributed by atoms with E-state index in [9.17, 15) is 4.79 Å². The molecule has 0 aliphatic carbocycles. The van der Waals surface area contributed by atoms with Crippen molar-refractivity contribution >= 4 is 17.3 Å². The van der Waals surface area contributed by atoms with Crippen molar-refractivity contribution in [1.29, 1.82) is 0 Å². The van der Waals surface area contributed by atoms with Crippen molar-refractivity contribution in [2.24, 2.45) is 11.3 Å². The van der Waals surface area contributed by atoms with Crippen molar-refractivity contribution in [3.05, 3.63) is 82.2 Å². The fourth-order valence-corrected chi connectivity index (χ4v) is 5.38. The SMILES string of the molecule is COC(=O)C(C)(C)C(c1ccc(C)c(CN2CCOc3cccnc3C2)c1)c1ccc(N(C)N)c(N)c1C. The third-order valence-corrected chi connectivity index (χ3v) is 7.65. The summed E-state index contributed by atoms with van der Waals surface area (Å²) in [6.45, 7) is 10.8. The Labute approximate surface area is 225 Å². The van der Waals surface area contributed by atoms with Crippen LogP contribution in [0, 0.1) is 19.3 Å². The highest BCUT2D eigenvalue weighted by Gasteiger charge is 2.41. The number of aromatic nitrogens is 1. The van der Waals surface area contributed by atoms with Gasteiger partial charge in [0.1, 0.15) is 12.4 Å². The average molecular weight is 518 g/mol. The van der Waals surface area contributed by atoms with Crippen molar-refractivity contribution in [3.63, 3.8) is 0 Å². The summed E-state index contributed by atoms with van der Waals surface area (Å²) < 4.78 is 11.2. The molecule has 2 heterocycles. The van der Waals surface area contributed by atoms with E-state index < -0.39 is 5.41 Å². The van der Waals surface area contributed by atoms with Crippen LogP contribution in [0.5, 0.6) is 5.75 Å². The molecule has 4 N–H and O–H groups in total. The molecule has 1 aliphatic rings. The molecule has 8 heteroatoms. The highest BCUT2D eigenvalue weighted by Crippen LogP contribution is 2.45. The van der Waals surface area contributed by atoms with Gasteiger partial charge in [0.05, 0.1) is 29.6 Å². The summed E-state index contributed by atoms with van der Waals surface area (Å²) in [4.78, 5) is 20.0. The standard InChI is InChI=1S/C30H39N5O3/c1-19-9-10-21(16-22(19)17-35-14-15-38-26-8-7-13-33-24(26)18-35)27(30(3,4)29(36)37-6)23-11-12-25(34(5)32)28(31)20(23)2/h7-13,16,27H,14-15,17-18,31-32H2,1-6H3. The van der Waals surface area contributed by atoms with Crippen molar-refractivity contribution in [3.8, 4) is 5.75 Å². The summed E-state index contributed by atoms with van der Waals surface area (Å²) in [5.74, 6) is 6.28. The number of hydrogen-bond donors (Lipinski definition) is 2. The van der Waals surface area contributed by atoms with Crippen LogP contribution in [0.15, 0.2) is 48.7 Å². The quantitative estimate of drug-likeness (QED) is 0.207. The first-order valence-electron chi connectivity index (χ1n) is 12.9. The van der Waals surface area contributed by atoms with Crippen molar-refractivity contribution in [2.75, 3.05) is 38.1 Å². The lowest BCUT2D eigenvalue weighted by molar-refractivity contribution is -0.151. The van der Waals surface area contributed by atoms with E-state index in [1.165, 1.54) is 23.2 Å². The lowest BCUT2D eigenvalue weighted by Gasteiger charge is -2.35. The van der Waals surface area contributed by atoms with Gasteiger partial charge < -0.3 is 20.2 Å². The Balaban J connectivity index is 1.76. The molecule has 1 atom stereocenters. The van der Waals surface area contributed by atoms with E-state index >= 15 is 0 Å². The van der Waals surface area contributed by atoms with Crippen LogP contribution in [0.3, 0.4) is 0 Å². The predicted molar refractivity (Wildman–Crippen MR) is 151 cm³/mol. The number of benzene rings is 2. The molecule has 8 nitrogen and oxygen atoms in total. The number of carbonyl (C=O) groups is 1. The maximum Gasteiger partial charge on any atom is 0.312 e. The van der Waals surface area contributed by atoms with E-state index in [1.807, 2.05) is 45.0 Å². The van der Waals surface area contributed by atoms with E-state index in [1.54, 1.807) is 13.2 Å². The van der Waals surface area contributed by atoms with Crippen LogP contribution in [0.25, 0.3) is 0 Å². The summed E-state index contributed by atoms with van der Waals surface area (Å²) in [6, 6.07) is 14.3. The zero-order valence-electron chi connectivity index (χ0n) is 23.2. The third-order valence-electron chi connectivity index (χ3n) is 7.65. The van der Waals surface area contributed by atoms with E-state index in [-0.39, 0.29) is 11.9 Å². The molecule has 0 spiro atoms. The number of hydrazine groups is 1. The molecule has 4 rings (SSSR count). The second-order valence-corrected chi connectivity index (χ2v) is 10.7. The molecule has 0 saturated carbocycles. The van der Waals surface area contributed by atoms with Crippen LogP contribution < -0.4 is 21.3 Å². The summed E-state index contributed by atoms with van der Waals surface area (Å²) in [6.07, 6.45) is 1.80. The summed E-state index contributed by atoms with van der Waals surface area (Å²) in [7, 11) is 3.19. The van der Waals surface area contributed by atoms with Gasteiger partial charge in [0.2, 0.25) is 0 Å². The van der Waals surface area contributed by atoms with Gasteiger partial charge in [-0.2, -0.15) is 0 Å². The number of esters is 1. The van der Waals surface area contributed by atoms with Crippen LogP contribution >= 0.6 is 0 Å². The van der Waals surface area contributed by atoms with Crippen LogP contribution in [-0.4, -0.2) is 43.2 Å². The zero-order valence-corrected chi connectivity index (χ0v) is 23.2. The van der Waals surface area contributed by atoms with Gasteiger partial charge in [-0.25, -0.2) is 5.84 Å². The highest BCUT2D eigenvalue weighted by molar-refractivity contribution is 5.80. The van der Waals surface area contributed by atoms with Gasteiger partial charge in [0, 0.05) is 38.8 Å². The fourth-order valence-electron chi connectivity index (χ4n) is 5.38. The molecule has 1 aliphatic heterocycles. The van der Waals surface area contributed by atoms with Gasteiger partial charge >= 0.3 is 5.97 Å². The molecule has 1 unspecified atom stereocenters. The Hall–Kier alpha value is -3.62. The Bertz CT molecular complexity index is 1320. The molecular formula is C30H39N5O3. The molecule has 2 aromatic carbocycles. The maximum atomic E-state index is 13.1. The summed E-state index contributed by atoms with van der Waals surface area (Å²) in [5.41, 5.74) is 13.2. The number of nitrogen functional groups attached to an aromatic ring is 1. The van der Waals surface area contributed by atoms with Crippen LogP contribution in [0.4, 0.5) is 11.4 Å². The first-order valence-corrected chi connectivity index (χ1v) is 12.9. The Morgan fingerprint density at radius 3 is 2.71 bits per heavy atom. The normalized spacial score (nSPS) is 14.7. The predicted octanol–water partition coefficient (Wildman–Crippen LogP) is 4.32. The second-order valence-electron chi connectivity index (χ2n) is 10.7. The largest absolute Gasteiger partial charge is 0.490 e. The number of rotatable bonds is 7. The number of hydrogen-bond acceptors (Lipinski definition) is 8. The van der Waals surface area contributed by atoms with E-state index in [0.29, 0.717) is 18.8 Å². The molecule has 0 amide bonds. The number of nitrogens with two attached hydrogens (primary N) is 2. The van der Waals surface area contributed by atoms with Gasteiger partial charge in [0.25, 0.3) is 0 Å². The van der Waals surface area contributed by atoms with Gasteiger partial charge in [-0.05, 0) is 73.7 Å². The van der Waals surface area contributed by atoms with E-state index in [0.717, 1.165) is 46.9 Å². The van der Waals surface area contributed by atoms with Gasteiger partial charge in [-0.15, -0.1) is 0 Å². The number of methoxy groups -OCH3 is 1. The van der Waals surface area contributed by atoms with Crippen molar-refractivity contribution < 1.29 is 14.3 Å². The van der Waals surface area contributed by atoms with E-state index in [4.69, 9.17) is 21.1 Å². The Morgan fingerprint density at radius 2 is 2.00 bits per heavy atom. The number of nitrogens with zero attached hydrogens (tertiary/aromatic N) is 3. The maximum absolute atomic E-state index is 13.1. The Kier molecular flexibility index (Phi) is 7.94. The molecule has 0 radical (unpaired) electrons. The van der Waals surface area contributed by atoms with Gasteiger partial charge in [0.15, 0.2) is 0 Å². The number of fused-ring (bicyclic) bond motifs is 1. The first-order chi connectivity index (χ1) is 18.0. The Morgan fingerprint density at radius 1 is 1.24 bits per heavy atom. The van der Waals surface area contributed by atoms with Gasteiger partial charge in [-0.1, -0.05) is 24.3 Å². The number of anilines is 2. The zero-order chi connectivity index (χ0) is 27.6. The second kappa shape index (κ2) is 11.0. The van der Waals surface area contributed by atoms with Crippen LogP contribution in [0.1, 0.15) is 53.3 Å².